The van der Waals surface area contributed by atoms with Crippen LogP contribution < -0.4 is 0 Å². The molecule has 0 aromatic carbocycles. The second kappa shape index (κ2) is 4.12. The van der Waals surface area contributed by atoms with Gasteiger partial charge in [-0.3, -0.25) is 0 Å². The first-order valence-corrected chi connectivity index (χ1v) is 4.90. The zero-order valence-electron chi connectivity index (χ0n) is 6.95. The predicted molar refractivity (Wildman–Crippen MR) is 46.9 cm³/mol. The number of ether oxygens (including phenoxy) is 1. The molecule has 3 heteroatoms. The molecule has 0 saturated carbocycles. The topological polar surface area (TPSA) is 26.3 Å². The molecule has 1 saturated heterocycles. The highest BCUT2D eigenvalue weighted by molar-refractivity contribution is 8.01. The minimum Gasteiger partial charge on any atom is -0.377 e. The van der Waals surface area contributed by atoms with Crippen LogP contribution in [0.1, 0.15) is 20.3 Å². The molecule has 0 aromatic rings. The number of hydrogen-bond donors (Lipinski definition) is 0. The summed E-state index contributed by atoms with van der Waals surface area (Å²) in [4.78, 5) is 10.3. The largest absolute Gasteiger partial charge is 0.377 e. The van der Waals surface area contributed by atoms with Gasteiger partial charge in [0, 0.05) is 11.9 Å². The predicted octanol–water partition coefficient (Wildman–Crippen LogP) is 1.48. The van der Waals surface area contributed by atoms with Crippen molar-refractivity contribution in [2.45, 2.75) is 36.9 Å². The van der Waals surface area contributed by atoms with Crippen LogP contribution in [0, 0.1) is 0 Å². The van der Waals surface area contributed by atoms with Crippen LogP contribution >= 0.6 is 11.8 Å². The van der Waals surface area contributed by atoms with Crippen molar-refractivity contribution in [2.75, 3.05) is 6.61 Å². The Morgan fingerprint density at radius 2 is 2.45 bits per heavy atom. The Hall–Kier alpha value is -0.0200. The first-order valence-electron chi connectivity index (χ1n) is 3.96. The molecule has 0 aliphatic carbocycles. The normalized spacial score (nSPS) is 33.6. The van der Waals surface area contributed by atoms with Crippen molar-refractivity contribution in [1.29, 1.82) is 0 Å². The lowest BCUT2D eigenvalue weighted by molar-refractivity contribution is -0.107. The smallest absolute Gasteiger partial charge is 0.132 e. The molecule has 0 bridgehead atoms. The van der Waals surface area contributed by atoms with E-state index in [2.05, 4.69) is 6.92 Å². The minimum atomic E-state index is 0.115. The third-order valence-electron chi connectivity index (χ3n) is 1.89. The fourth-order valence-electron chi connectivity index (χ4n) is 1.20. The Balaban J connectivity index is 2.30. The highest BCUT2D eigenvalue weighted by atomic mass is 32.2. The van der Waals surface area contributed by atoms with Crippen LogP contribution in [0.4, 0.5) is 0 Å². The van der Waals surface area contributed by atoms with Crippen molar-refractivity contribution in [3.8, 4) is 0 Å². The van der Waals surface area contributed by atoms with Gasteiger partial charge in [0.05, 0.1) is 11.4 Å². The van der Waals surface area contributed by atoms with E-state index in [1.807, 2.05) is 6.92 Å². The highest BCUT2D eigenvalue weighted by Gasteiger charge is 2.25. The molecule has 0 spiro atoms. The lowest BCUT2D eigenvalue weighted by Gasteiger charge is -2.14. The third-order valence-corrected chi connectivity index (χ3v) is 3.40. The van der Waals surface area contributed by atoms with Crippen LogP contribution in [0.2, 0.25) is 0 Å². The van der Waals surface area contributed by atoms with Crippen LogP contribution in [0.15, 0.2) is 0 Å². The molecule has 1 heterocycles. The van der Waals surface area contributed by atoms with Crippen molar-refractivity contribution in [2.24, 2.45) is 0 Å². The zero-order valence-corrected chi connectivity index (χ0v) is 7.76. The first kappa shape index (κ1) is 9.07. The Morgan fingerprint density at radius 1 is 1.73 bits per heavy atom. The molecule has 0 radical (unpaired) electrons. The second-order valence-electron chi connectivity index (χ2n) is 2.88. The molecule has 1 aliphatic rings. The molecule has 3 atom stereocenters. The van der Waals surface area contributed by atoms with Crippen molar-refractivity contribution in [1.82, 2.24) is 0 Å². The van der Waals surface area contributed by atoms with Gasteiger partial charge < -0.3 is 9.53 Å². The molecule has 3 unspecified atom stereocenters. The number of rotatable bonds is 3. The molecule has 11 heavy (non-hydrogen) atoms. The number of carbonyl (C=O) groups is 1. The van der Waals surface area contributed by atoms with Gasteiger partial charge in [-0.25, -0.2) is 0 Å². The Morgan fingerprint density at radius 3 is 2.91 bits per heavy atom. The highest BCUT2D eigenvalue weighted by Crippen LogP contribution is 2.28. The van der Waals surface area contributed by atoms with Crippen LogP contribution in [0.3, 0.4) is 0 Å². The van der Waals surface area contributed by atoms with Gasteiger partial charge in [0.1, 0.15) is 6.29 Å². The summed E-state index contributed by atoms with van der Waals surface area (Å²) in [6.45, 7) is 4.86. The van der Waals surface area contributed by atoms with Crippen LogP contribution in [-0.2, 0) is 9.53 Å². The quantitative estimate of drug-likeness (QED) is 0.606. The number of hydrogen-bond acceptors (Lipinski definition) is 3. The molecular formula is C8H14O2S. The molecular weight excluding hydrogens is 160 g/mol. The van der Waals surface area contributed by atoms with Crippen molar-refractivity contribution in [3.05, 3.63) is 0 Å². The molecule has 64 valence electrons. The van der Waals surface area contributed by atoms with E-state index in [0.29, 0.717) is 11.4 Å². The Bertz CT molecular complexity index is 138. The maximum atomic E-state index is 10.3. The van der Waals surface area contributed by atoms with E-state index in [0.717, 1.165) is 19.3 Å². The molecule has 1 rings (SSSR count). The van der Waals surface area contributed by atoms with Crippen molar-refractivity contribution >= 4 is 18.0 Å². The third kappa shape index (κ3) is 2.49. The van der Waals surface area contributed by atoms with Crippen molar-refractivity contribution < 1.29 is 9.53 Å². The van der Waals surface area contributed by atoms with E-state index < -0.39 is 0 Å². The average Bonchev–Trinajstić information content (AvgIpc) is 2.37. The lowest BCUT2D eigenvalue weighted by atomic mass is 10.3. The molecule has 1 fully saturated rings. The van der Waals surface area contributed by atoms with E-state index in [-0.39, 0.29) is 5.25 Å². The number of thioether (sulfide) groups is 1. The van der Waals surface area contributed by atoms with Gasteiger partial charge in [-0.1, -0.05) is 0 Å². The van der Waals surface area contributed by atoms with Gasteiger partial charge in [-0.05, 0) is 20.3 Å². The van der Waals surface area contributed by atoms with Crippen LogP contribution in [-0.4, -0.2) is 29.5 Å². The van der Waals surface area contributed by atoms with Crippen LogP contribution in [0.5, 0.6) is 0 Å². The zero-order chi connectivity index (χ0) is 8.27. The van der Waals surface area contributed by atoms with Gasteiger partial charge in [-0.15, -0.1) is 11.8 Å². The van der Waals surface area contributed by atoms with Crippen LogP contribution in [0.25, 0.3) is 0 Å². The fourth-order valence-corrected chi connectivity index (χ4v) is 2.35. The van der Waals surface area contributed by atoms with Gasteiger partial charge in [-0.2, -0.15) is 0 Å². The maximum absolute atomic E-state index is 10.3. The lowest BCUT2D eigenvalue weighted by Crippen LogP contribution is -2.17. The summed E-state index contributed by atoms with van der Waals surface area (Å²) in [5, 5.41) is 0.638. The van der Waals surface area contributed by atoms with E-state index in [1.54, 1.807) is 11.8 Å². The van der Waals surface area contributed by atoms with E-state index in [9.17, 15) is 4.79 Å². The monoisotopic (exact) mass is 174 g/mol. The van der Waals surface area contributed by atoms with Gasteiger partial charge in [0.25, 0.3) is 0 Å². The second-order valence-corrected chi connectivity index (χ2v) is 4.50. The molecule has 1 aliphatic heterocycles. The average molecular weight is 174 g/mol. The molecule has 2 nitrogen and oxygen atoms in total. The van der Waals surface area contributed by atoms with Gasteiger partial charge in [0.2, 0.25) is 0 Å². The summed E-state index contributed by atoms with van der Waals surface area (Å²) in [6.07, 6.45) is 2.40. The fraction of sp³-hybridized carbons (Fsp3) is 0.875. The van der Waals surface area contributed by atoms with Gasteiger partial charge >= 0.3 is 0 Å². The first-order chi connectivity index (χ1) is 5.24. The standard InChI is InChI=1S/C8H14O2S/c1-6(5-9)11-8-3-4-10-7(8)2/h5-8H,3-4H2,1-2H3. The van der Waals surface area contributed by atoms with E-state index >= 15 is 0 Å². The Labute approximate surface area is 71.7 Å². The number of aldehydes is 1. The summed E-state index contributed by atoms with van der Waals surface area (Å²) in [7, 11) is 0. The summed E-state index contributed by atoms with van der Waals surface area (Å²) < 4.78 is 5.37. The SMILES string of the molecule is CC(C=O)SC1CCOC1C. The number of carbonyl (C=O) groups excluding carboxylic acids is 1. The van der Waals surface area contributed by atoms with Crippen molar-refractivity contribution in [3.63, 3.8) is 0 Å². The summed E-state index contributed by atoms with van der Waals surface area (Å²) in [6, 6.07) is 0. The summed E-state index contributed by atoms with van der Waals surface area (Å²) >= 11 is 1.72. The summed E-state index contributed by atoms with van der Waals surface area (Å²) in [5.74, 6) is 0. The minimum absolute atomic E-state index is 0.115. The molecule has 0 N–H and O–H groups in total. The Kier molecular flexibility index (Phi) is 3.40. The van der Waals surface area contributed by atoms with E-state index in [4.69, 9.17) is 4.74 Å². The summed E-state index contributed by atoms with van der Waals surface area (Å²) in [5.41, 5.74) is 0. The maximum Gasteiger partial charge on any atom is 0.132 e. The van der Waals surface area contributed by atoms with Gasteiger partial charge in [0.15, 0.2) is 0 Å². The molecule has 0 amide bonds. The molecule has 0 aromatic heterocycles. The van der Waals surface area contributed by atoms with E-state index in [1.165, 1.54) is 0 Å².